The van der Waals surface area contributed by atoms with Crippen molar-refractivity contribution >= 4 is 5.97 Å². The van der Waals surface area contributed by atoms with E-state index in [-0.39, 0.29) is 11.6 Å². The van der Waals surface area contributed by atoms with Gasteiger partial charge in [0.25, 0.3) is 0 Å². The smallest absolute Gasteiger partial charge is 0.338 e. The lowest BCUT2D eigenvalue weighted by Crippen LogP contribution is -2.23. The molecule has 2 aromatic rings. The topological polar surface area (TPSA) is 75.6 Å². The van der Waals surface area contributed by atoms with Crippen molar-refractivity contribution in [3.05, 3.63) is 47.3 Å². The highest BCUT2D eigenvalue weighted by molar-refractivity contribution is 5.87. The standard InChI is InChI=1S/C14H15NO4/c16-14(17)9-6-10(19-8-9)7-15-12-2-1-3-13-11(12)4-5-18-13/h4-6,8,12,15H,1-3,7H2,(H,16,17). The molecule has 1 aliphatic rings. The molecule has 19 heavy (non-hydrogen) atoms. The maximum Gasteiger partial charge on any atom is 0.338 e. The summed E-state index contributed by atoms with van der Waals surface area (Å²) in [5.74, 6) is 0.715. The van der Waals surface area contributed by atoms with E-state index in [1.165, 1.54) is 11.8 Å². The number of carbonyl (C=O) groups is 1. The van der Waals surface area contributed by atoms with E-state index in [0.717, 1.165) is 25.0 Å². The SMILES string of the molecule is O=C(O)c1coc(CNC2CCCc3occc32)c1. The Morgan fingerprint density at radius 3 is 3.16 bits per heavy atom. The number of furan rings is 2. The molecule has 1 unspecified atom stereocenters. The average molecular weight is 261 g/mol. The van der Waals surface area contributed by atoms with Crippen LogP contribution in [0.15, 0.2) is 33.5 Å². The molecule has 0 saturated heterocycles. The monoisotopic (exact) mass is 261 g/mol. The van der Waals surface area contributed by atoms with E-state index in [0.29, 0.717) is 12.3 Å². The largest absolute Gasteiger partial charge is 0.478 e. The van der Waals surface area contributed by atoms with Gasteiger partial charge in [-0.05, 0) is 25.0 Å². The Hall–Kier alpha value is -2.01. The van der Waals surface area contributed by atoms with E-state index < -0.39 is 5.97 Å². The second kappa shape index (κ2) is 4.93. The van der Waals surface area contributed by atoms with Crippen molar-refractivity contribution in [2.75, 3.05) is 0 Å². The zero-order chi connectivity index (χ0) is 13.2. The number of nitrogens with one attached hydrogen (secondary N) is 1. The predicted molar refractivity (Wildman–Crippen MR) is 66.9 cm³/mol. The van der Waals surface area contributed by atoms with Crippen LogP contribution in [-0.4, -0.2) is 11.1 Å². The molecule has 0 spiro atoms. The first-order valence-corrected chi connectivity index (χ1v) is 6.34. The highest BCUT2D eigenvalue weighted by Crippen LogP contribution is 2.30. The third kappa shape index (κ3) is 2.42. The van der Waals surface area contributed by atoms with E-state index in [1.54, 1.807) is 12.3 Å². The summed E-state index contributed by atoms with van der Waals surface area (Å²) < 4.78 is 10.7. The van der Waals surface area contributed by atoms with Gasteiger partial charge in [0.2, 0.25) is 0 Å². The zero-order valence-electron chi connectivity index (χ0n) is 10.4. The second-order valence-corrected chi connectivity index (χ2v) is 4.73. The fourth-order valence-corrected chi connectivity index (χ4v) is 2.51. The van der Waals surface area contributed by atoms with Crippen LogP contribution in [0.1, 0.15) is 46.3 Å². The number of carboxylic acids is 1. The van der Waals surface area contributed by atoms with Crippen molar-refractivity contribution < 1.29 is 18.7 Å². The van der Waals surface area contributed by atoms with Gasteiger partial charge < -0.3 is 19.3 Å². The lowest BCUT2D eigenvalue weighted by Gasteiger charge is -2.22. The third-order valence-corrected chi connectivity index (χ3v) is 3.48. The van der Waals surface area contributed by atoms with Crippen LogP contribution < -0.4 is 5.32 Å². The van der Waals surface area contributed by atoms with Crippen molar-refractivity contribution in [1.82, 2.24) is 5.32 Å². The minimum absolute atomic E-state index is 0.185. The van der Waals surface area contributed by atoms with Gasteiger partial charge in [0.05, 0.1) is 18.4 Å². The third-order valence-electron chi connectivity index (χ3n) is 3.48. The maximum absolute atomic E-state index is 10.8. The summed E-state index contributed by atoms with van der Waals surface area (Å²) in [4.78, 5) is 10.8. The summed E-state index contributed by atoms with van der Waals surface area (Å²) in [6.45, 7) is 0.516. The molecule has 5 heteroatoms. The Bertz CT molecular complexity index is 584. The molecule has 5 nitrogen and oxygen atoms in total. The van der Waals surface area contributed by atoms with Crippen LogP contribution in [0.2, 0.25) is 0 Å². The molecule has 100 valence electrons. The van der Waals surface area contributed by atoms with Gasteiger partial charge in [-0.1, -0.05) is 0 Å². The minimum atomic E-state index is -0.968. The molecule has 1 aliphatic carbocycles. The predicted octanol–water partition coefficient (Wildman–Crippen LogP) is 2.74. The molecule has 0 aromatic carbocycles. The number of aryl methyl sites for hydroxylation is 1. The van der Waals surface area contributed by atoms with Crippen LogP contribution in [0.5, 0.6) is 0 Å². The molecular weight excluding hydrogens is 246 g/mol. The van der Waals surface area contributed by atoms with E-state index in [9.17, 15) is 4.79 Å². The van der Waals surface area contributed by atoms with Gasteiger partial charge in [-0.25, -0.2) is 4.79 Å². The van der Waals surface area contributed by atoms with E-state index in [2.05, 4.69) is 5.32 Å². The number of hydrogen-bond donors (Lipinski definition) is 2. The van der Waals surface area contributed by atoms with Crippen molar-refractivity contribution in [3.8, 4) is 0 Å². The lowest BCUT2D eigenvalue weighted by atomic mass is 9.93. The Kier molecular flexibility index (Phi) is 3.13. The average Bonchev–Trinajstić information content (AvgIpc) is 3.05. The normalized spacial score (nSPS) is 18.2. The first-order valence-electron chi connectivity index (χ1n) is 6.34. The van der Waals surface area contributed by atoms with Crippen molar-refractivity contribution in [1.29, 1.82) is 0 Å². The van der Waals surface area contributed by atoms with E-state index in [1.807, 2.05) is 6.07 Å². The number of aromatic carboxylic acids is 1. The van der Waals surface area contributed by atoms with Gasteiger partial charge in [0, 0.05) is 18.0 Å². The summed E-state index contributed by atoms with van der Waals surface area (Å²) in [6.07, 6.45) is 6.13. The Morgan fingerprint density at radius 1 is 1.47 bits per heavy atom. The summed E-state index contributed by atoms with van der Waals surface area (Å²) in [6, 6.07) is 3.80. The molecule has 1 atom stereocenters. The summed E-state index contributed by atoms with van der Waals surface area (Å²) >= 11 is 0. The van der Waals surface area contributed by atoms with Crippen molar-refractivity contribution in [2.24, 2.45) is 0 Å². The molecule has 2 aromatic heterocycles. The van der Waals surface area contributed by atoms with Crippen molar-refractivity contribution in [3.63, 3.8) is 0 Å². The summed E-state index contributed by atoms with van der Waals surface area (Å²) in [7, 11) is 0. The van der Waals surface area contributed by atoms with Gasteiger partial charge in [-0.2, -0.15) is 0 Å². The lowest BCUT2D eigenvalue weighted by molar-refractivity contribution is 0.0696. The molecule has 0 amide bonds. The summed E-state index contributed by atoms with van der Waals surface area (Å²) in [5, 5.41) is 12.2. The molecule has 0 bridgehead atoms. The number of fused-ring (bicyclic) bond motifs is 1. The number of carboxylic acid groups (broad SMARTS) is 1. The fourth-order valence-electron chi connectivity index (χ4n) is 2.51. The van der Waals surface area contributed by atoms with Gasteiger partial charge >= 0.3 is 5.97 Å². The van der Waals surface area contributed by atoms with Crippen LogP contribution in [0.4, 0.5) is 0 Å². The Labute approximate surface area is 110 Å². The molecular formula is C14H15NO4. The maximum atomic E-state index is 10.8. The number of rotatable bonds is 4. The van der Waals surface area contributed by atoms with Gasteiger partial charge in [-0.3, -0.25) is 0 Å². The van der Waals surface area contributed by atoms with Crippen LogP contribution in [-0.2, 0) is 13.0 Å². The second-order valence-electron chi connectivity index (χ2n) is 4.73. The van der Waals surface area contributed by atoms with Crippen LogP contribution in [0.3, 0.4) is 0 Å². The van der Waals surface area contributed by atoms with Crippen LogP contribution in [0.25, 0.3) is 0 Å². The molecule has 0 fully saturated rings. The molecule has 0 radical (unpaired) electrons. The van der Waals surface area contributed by atoms with Gasteiger partial charge in [-0.15, -0.1) is 0 Å². The number of hydrogen-bond acceptors (Lipinski definition) is 4. The van der Waals surface area contributed by atoms with Gasteiger partial charge in [0.1, 0.15) is 17.8 Å². The molecule has 0 aliphatic heterocycles. The minimum Gasteiger partial charge on any atom is -0.478 e. The van der Waals surface area contributed by atoms with Crippen LogP contribution in [0, 0.1) is 0 Å². The summed E-state index contributed by atoms with van der Waals surface area (Å²) in [5.41, 5.74) is 1.39. The molecule has 2 heterocycles. The zero-order valence-corrected chi connectivity index (χ0v) is 10.4. The van der Waals surface area contributed by atoms with Crippen LogP contribution >= 0.6 is 0 Å². The quantitative estimate of drug-likeness (QED) is 0.885. The highest BCUT2D eigenvalue weighted by atomic mass is 16.4. The molecule has 2 N–H and O–H groups in total. The Balaban J connectivity index is 1.65. The fraction of sp³-hybridized carbons (Fsp3) is 0.357. The first kappa shape index (κ1) is 12.0. The molecule has 0 saturated carbocycles. The first-order chi connectivity index (χ1) is 9.24. The van der Waals surface area contributed by atoms with E-state index in [4.69, 9.17) is 13.9 Å². The van der Waals surface area contributed by atoms with Gasteiger partial charge in [0.15, 0.2) is 0 Å². The van der Waals surface area contributed by atoms with E-state index >= 15 is 0 Å². The van der Waals surface area contributed by atoms with Crippen molar-refractivity contribution in [2.45, 2.75) is 31.8 Å². The Morgan fingerprint density at radius 2 is 2.37 bits per heavy atom. The molecule has 3 rings (SSSR count). The highest BCUT2D eigenvalue weighted by Gasteiger charge is 2.22.